The van der Waals surface area contributed by atoms with Crippen LogP contribution >= 0.6 is 11.6 Å². The van der Waals surface area contributed by atoms with E-state index in [0.717, 1.165) is 5.56 Å². The molecule has 0 aliphatic heterocycles. The summed E-state index contributed by atoms with van der Waals surface area (Å²) in [6.07, 6.45) is 0.530. The number of hydrogen-bond acceptors (Lipinski definition) is 1. The van der Waals surface area contributed by atoms with E-state index in [1.165, 1.54) is 12.1 Å². The SMILES string of the molecule is CC#CCC(N)c1ccc(F)cc1Cl. The van der Waals surface area contributed by atoms with Crippen molar-refractivity contribution < 1.29 is 4.39 Å². The van der Waals surface area contributed by atoms with Crippen LogP contribution in [0.4, 0.5) is 4.39 Å². The maximum atomic E-state index is 12.7. The highest BCUT2D eigenvalue weighted by Gasteiger charge is 2.09. The average Bonchev–Trinajstić information content (AvgIpc) is 2.14. The molecule has 0 radical (unpaired) electrons. The summed E-state index contributed by atoms with van der Waals surface area (Å²) < 4.78 is 12.7. The van der Waals surface area contributed by atoms with Crippen LogP contribution in [-0.4, -0.2) is 0 Å². The van der Waals surface area contributed by atoms with Crippen LogP contribution in [0, 0.1) is 17.7 Å². The largest absolute Gasteiger partial charge is 0.323 e. The van der Waals surface area contributed by atoms with Gasteiger partial charge in [0.15, 0.2) is 0 Å². The van der Waals surface area contributed by atoms with Crippen LogP contribution in [0.1, 0.15) is 24.9 Å². The summed E-state index contributed by atoms with van der Waals surface area (Å²) in [6, 6.07) is 3.95. The number of halogens is 2. The normalized spacial score (nSPS) is 11.7. The van der Waals surface area contributed by atoms with Crippen LogP contribution in [0.2, 0.25) is 5.02 Å². The Morgan fingerprint density at radius 2 is 2.29 bits per heavy atom. The molecule has 0 aliphatic rings. The Labute approximate surface area is 88.1 Å². The van der Waals surface area contributed by atoms with Gasteiger partial charge < -0.3 is 5.73 Å². The minimum atomic E-state index is -0.354. The van der Waals surface area contributed by atoms with Crippen LogP contribution in [0.25, 0.3) is 0 Å². The highest BCUT2D eigenvalue weighted by molar-refractivity contribution is 6.31. The van der Waals surface area contributed by atoms with Crippen molar-refractivity contribution >= 4 is 11.6 Å². The first-order valence-electron chi connectivity index (χ1n) is 4.25. The molecule has 14 heavy (non-hydrogen) atoms. The van der Waals surface area contributed by atoms with Gasteiger partial charge in [0.25, 0.3) is 0 Å². The molecule has 0 fully saturated rings. The first-order chi connectivity index (χ1) is 6.65. The summed E-state index contributed by atoms with van der Waals surface area (Å²) in [5.74, 6) is 5.26. The van der Waals surface area contributed by atoms with Crippen molar-refractivity contribution in [3.05, 3.63) is 34.6 Å². The van der Waals surface area contributed by atoms with Gasteiger partial charge in [-0.2, -0.15) is 0 Å². The predicted octanol–water partition coefficient (Wildman–Crippen LogP) is 2.89. The maximum Gasteiger partial charge on any atom is 0.124 e. The zero-order valence-electron chi connectivity index (χ0n) is 7.85. The summed E-state index contributed by atoms with van der Waals surface area (Å²) in [6.45, 7) is 1.75. The lowest BCUT2D eigenvalue weighted by Crippen LogP contribution is -2.09. The van der Waals surface area contributed by atoms with Crippen molar-refractivity contribution in [3.8, 4) is 11.8 Å². The highest BCUT2D eigenvalue weighted by Crippen LogP contribution is 2.23. The molecule has 0 aliphatic carbocycles. The first kappa shape index (κ1) is 11.0. The fourth-order valence-corrected chi connectivity index (χ4v) is 1.43. The third-order valence-corrected chi connectivity index (χ3v) is 2.19. The smallest absolute Gasteiger partial charge is 0.124 e. The van der Waals surface area contributed by atoms with Crippen molar-refractivity contribution in [2.45, 2.75) is 19.4 Å². The van der Waals surface area contributed by atoms with Crippen molar-refractivity contribution in [1.82, 2.24) is 0 Å². The van der Waals surface area contributed by atoms with E-state index in [9.17, 15) is 4.39 Å². The van der Waals surface area contributed by atoms with Crippen LogP contribution in [0.5, 0.6) is 0 Å². The van der Waals surface area contributed by atoms with E-state index in [2.05, 4.69) is 11.8 Å². The number of benzene rings is 1. The van der Waals surface area contributed by atoms with Gasteiger partial charge in [0.2, 0.25) is 0 Å². The summed E-state index contributed by atoms with van der Waals surface area (Å²) >= 11 is 5.84. The van der Waals surface area contributed by atoms with E-state index < -0.39 is 0 Å². The number of nitrogens with two attached hydrogens (primary N) is 1. The second-order valence-electron chi connectivity index (χ2n) is 2.90. The van der Waals surface area contributed by atoms with E-state index >= 15 is 0 Å². The first-order valence-corrected chi connectivity index (χ1v) is 4.63. The van der Waals surface area contributed by atoms with Gasteiger partial charge in [-0.05, 0) is 24.6 Å². The molecule has 0 saturated carbocycles. The second kappa shape index (κ2) is 4.99. The molecule has 1 aromatic rings. The summed E-state index contributed by atoms with van der Waals surface area (Å²) in [4.78, 5) is 0. The van der Waals surface area contributed by atoms with Crippen LogP contribution in [-0.2, 0) is 0 Å². The predicted molar refractivity (Wildman–Crippen MR) is 56.4 cm³/mol. The zero-order valence-corrected chi connectivity index (χ0v) is 8.61. The van der Waals surface area contributed by atoms with Gasteiger partial charge >= 0.3 is 0 Å². The monoisotopic (exact) mass is 211 g/mol. The molecule has 1 nitrogen and oxygen atoms in total. The van der Waals surface area contributed by atoms with Crippen LogP contribution in [0.3, 0.4) is 0 Å². The fraction of sp³-hybridized carbons (Fsp3) is 0.273. The molecule has 0 saturated heterocycles. The molecule has 3 heteroatoms. The topological polar surface area (TPSA) is 26.0 Å². The minimum Gasteiger partial charge on any atom is -0.323 e. The van der Waals surface area contributed by atoms with Gasteiger partial charge in [0.1, 0.15) is 5.82 Å². The van der Waals surface area contributed by atoms with Crippen molar-refractivity contribution in [3.63, 3.8) is 0 Å². The molecule has 1 rings (SSSR count). The lowest BCUT2D eigenvalue weighted by Gasteiger charge is -2.10. The molecule has 0 spiro atoms. The Morgan fingerprint density at radius 3 is 2.86 bits per heavy atom. The van der Waals surface area contributed by atoms with Crippen LogP contribution in [0.15, 0.2) is 18.2 Å². The lowest BCUT2D eigenvalue weighted by atomic mass is 10.1. The second-order valence-corrected chi connectivity index (χ2v) is 3.31. The molecule has 0 aromatic heterocycles. The zero-order chi connectivity index (χ0) is 10.6. The van der Waals surface area contributed by atoms with E-state index in [0.29, 0.717) is 11.4 Å². The Balaban J connectivity index is 2.88. The third kappa shape index (κ3) is 2.73. The van der Waals surface area contributed by atoms with Crippen molar-refractivity contribution in [2.24, 2.45) is 5.73 Å². The van der Waals surface area contributed by atoms with E-state index in [-0.39, 0.29) is 11.9 Å². The quantitative estimate of drug-likeness (QED) is 0.748. The highest BCUT2D eigenvalue weighted by atomic mass is 35.5. The van der Waals surface area contributed by atoms with Crippen molar-refractivity contribution in [1.29, 1.82) is 0 Å². The van der Waals surface area contributed by atoms with Gasteiger partial charge in [-0.25, -0.2) is 4.39 Å². The standard InChI is InChI=1S/C11H11ClFN/c1-2-3-4-11(14)9-6-5-8(13)7-10(9)12/h5-7,11H,4,14H2,1H3. The van der Waals surface area contributed by atoms with Gasteiger partial charge in [-0.3, -0.25) is 0 Å². The van der Waals surface area contributed by atoms with Gasteiger partial charge in [0, 0.05) is 17.5 Å². The minimum absolute atomic E-state index is 0.254. The summed E-state index contributed by atoms with van der Waals surface area (Å²) in [5.41, 5.74) is 6.55. The summed E-state index contributed by atoms with van der Waals surface area (Å²) in [5, 5.41) is 0.357. The third-order valence-electron chi connectivity index (χ3n) is 1.86. The molecule has 0 heterocycles. The van der Waals surface area contributed by atoms with Gasteiger partial charge in [-0.15, -0.1) is 11.8 Å². The molecule has 0 amide bonds. The Morgan fingerprint density at radius 1 is 1.57 bits per heavy atom. The molecular weight excluding hydrogens is 201 g/mol. The van der Waals surface area contributed by atoms with Crippen molar-refractivity contribution in [2.75, 3.05) is 0 Å². The average molecular weight is 212 g/mol. The maximum absolute atomic E-state index is 12.7. The number of rotatable bonds is 2. The van der Waals surface area contributed by atoms with Gasteiger partial charge in [0.05, 0.1) is 0 Å². The van der Waals surface area contributed by atoms with E-state index in [4.69, 9.17) is 17.3 Å². The fourth-order valence-electron chi connectivity index (χ4n) is 1.12. The lowest BCUT2D eigenvalue weighted by molar-refractivity contribution is 0.625. The van der Waals surface area contributed by atoms with E-state index in [1.807, 2.05) is 0 Å². The molecule has 1 aromatic carbocycles. The molecule has 1 unspecified atom stereocenters. The molecular formula is C11H11ClFN. The molecule has 2 N–H and O–H groups in total. The summed E-state index contributed by atoms with van der Waals surface area (Å²) in [7, 11) is 0. The Hall–Kier alpha value is -1.04. The number of hydrogen-bond donors (Lipinski definition) is 1. The van der Waals surface area contributed by atoms with E-state index in [1.54, 1.807) is 13.0 Å². The molecule has 0 bridgehead atoms. The van der Waals surface area contributed by atoms with Gasteiger partial charge in [-0.1, -0.05) is 17.7 Å². The Kier molecular flexibility index (Phi) is 3.94. The molecule has 74 valence electrons. The molecule has 1 atom stereocenters. The van der Waals surface area contributed by atoms with Crippen LogP contribution < -0.4 is 5.73 Å². The Bertz CT molecular complexity index is 379.